The average molecular weight is 206 g/mol. The molecule has 0 fully saturated rings. The van der Waals surface area contributed by atoms with Crippen LogP contribution in [0.5, 0.6) is 0 Å². The molecule has 0 amide bonds. The van der Waals surface area contributed by atoms with Crippen molar-refractivity contribution in [3.05, 3.63) is 22.4 Å². The summed E-state index contributed by atoms with van der Waals surface area (Å²) in [5.41, 5.74) is 0. The molecule has 0 saturated carbocycles. The first-order chi connectivity index (χ1) is 5.99. The number of alkyl halides is 3. The zero-order valence-corrected chi connectivity index (χ0v) is 7.12. The van der Waals surface area contributed by atoms with E-state index in [-0.39, 0.29) is 0 Å². The van der Waals surface area contributed by atoms with Crippen LogP contribution in [0.2, 0.25) is 0 Å². The highest BCUT2D eigenvalue weighted by atomic mass is 32.1. The molecule has 5 heteroatoms. The molecule has 1 aromatic rings. The lowest BCUT2D eigenvalue weighted by atomic mass is 10.3. The molecule has 0 radical (unpaired) electrons. The molecule has 0 saturated heterocycles. The molecule has 1 atom stereocenters. The highest BCUT2D eigenvalue weighted by Gasteiger charge is 2.23. The molecule has 0 spiro atoms. The Morgan fingerprint density at radius 2 is 2.15 bits per heavy atom. The maximum atomic E-state index is 11.6. The van der Waals surface area contributed by atoms with E-state index >= 15 is 0 Å². The first kappa shape index (κ1) is 10.1. The van der Waals surface area contributed by atoms with Crippen LogP contribution < -0.4 is 0 Å². The minimum absolute atomic E-state index is 0.414. The van der Waals surface area contributed by atoms with Crippen LogP contribution in [0.3, 0.4) is 0 Å². The molecular formula is C8H5F3OS. The fourth-order valence-corrected chi connectivity index (χ4v) is 1.33. The Morgan fingerprint density at radius 3 is 2.62 bits per heavy atom. The second-order valence-electron chi connectivity index (χ2n) is 2.19. The van der Waals surface area contributed by atoms with E-state index in [4.69, 9.17) is 5.11 Å². The minimum Gasteiger partial charge on any atom is -0.375 e. The summed E-state index contributed by atoms with van der Waals surface area (Å²) in [5.74, 6) is 2.73. The highest BCUT2D eigenvalue weighted by Crippen LogP contribution is 2.19. The molecule has 0 aliphatic rings. The molecule has 13 heavy (non-hydrogen) atoms. The van der Waals surface area contributed by atoms with Crippen molar-refractivity contribution in [3.63, 3.8) is 0 Å². The minimum atomic E-state index is -4.54. The van der Waals surface area contributed by atoms with Gasteiger partial charge >= 0.3 is 6.18 Å². The van der Waals surface area contributed by atoms with Gasteiger partial charge < -0.3 is 5.11 Å². The number of aliphatic hydroxyl groups is 1. The molecule has 1 unspecified atom stereocenters. The second kappa shape index (κ2) is 3.81. The van der Waals surface area contributed by atoms with Crippen molar-refractivity contribution in [2.24, 2.45) is 0 Å². The number of hydrogen-bond donors (Lipinski definition) is 1. The quantitative estimate of drug-likeness (QED) is 0.699. The van der Waals surface area contributed by atoms with Crippen molar-refractivity contribution in [2.45, 2.75) is 12.3 Å². The van der Waals surface area contributed by atoms with Crippen LogP contribution >= 0.6 is 11.3 Å². The van der Waals surface area contributed by atoms with Gasteiger partial charge in [0.05, 0.1) is 0 Å². The molecule has 70 valence electrons. The number of aliphatic hydroxyl groups excluding tert-OH is 1. The third-order valence-electron chi connectivity index (χ3n) is 1.16. The number of rotatable bonds is 1. The first-order valence-electron chi connectivity index (χ1n) is 3.30. The number of hydrogen-bond acceptors (Lipinski definition) is 2. The predicted molar refractivity (Wildman–Crippen MR) is 43.1 cm³/mol. The van der Waals surface area contributed by atoms with E-state index in [1.807, 2.05) is 0 Å². The van der Waals surface area contributed by atoms with Crippen LogP contribution in [0.25, 0.3) is 0 Å². The second-order valence-corrected chi connectivity index (χ2v) is 3.16. The summed E-state index contributed by atoms with van der Waals surface area (Å²) in [6.45, 7) is 0. The Bertz CT molecular complexity index is 317. The fraction of sp³-hybridized carbons (Fsp3) is 0.250. The van der Waals surface area contributed by atoms with E-state index in [1.165, 1.54) is 6.07 Å². The summed E-state index contributed by atoms with van der Waals surface area (Å²) >= 11 is 1.16. The highest BCUT2D eigenvalue weighted by molar-refractivity contribution is 7.10. The van der Waals surface area contributed by atoms with Crippen molar-refractivity contribution in [2.75, 3.05) is 0 Å². The van der Waals surface area contributed by atoms with E-state index in [9.17, 15) is 13.2 Å². The summed E-state index contributed by atoms with van der Waals surface area (Å²) in [6.07, 6.45) is -5.89. The average Bonchev–Trinajstić information content (AvgIpc) is 2.50. The molecule has 1 heterocycles. The van der Waals surface area contributed by atoms with Crippen LogP contribution in [0.4, 0.5) is 13.2 Å². The predicted octanol–water partition coefficient (Wildman–Crippen LogP) is 2.35. The van der Waals surface area contributed by atoms with Gasteiger partial charge in [0.2, 0.25) is 0 Å². The van der Waals surface area contributed by atoms with Gasteiger partial charge in [0.25, 0.3) is 0 Å². The van der Waals surface area contributed by atoms with E-state index in [0.717, 1.165) is 17.3 Å². The number of thiophene rings is 1. The van der Waals surface area contributed by atoms with E-state index in [1.54, 1.807) is 17.4 Å². The largest absolute Gasteiger partial charge is 0.457 e. The number of halogens is 3. The SMILES string of the molecule is OC(C#CC(F)(F)F)c1cccs1. The molecular weight excluding hydrogens is 201 g/mol. The van der Waals surface area contributed by atoms with Gasteiger partial charge in [-0.2, -0.15) is 13.2 Å². The van der Waals surface area contributed by atoms with Gasteiger partial charge in [0, 0.05) is 10.8 Å². The van der Waals surface area contributed by atoms with Gasteiger partial charge in [-0.15, -0.1) is 11.3 Å². The lowest BCUT2D eigenvalue weighted by molar-refractivity contribution is -0.0700. The molecule has 1 rings (SSSR count). The topological polar surface area (TPSA) is 20.2 Å². The Labute approximate surface area is 76.8 Å². The van der Waals surface area contributed by atoms with E-state index in [2.05, 4.69) is 0 Å². The van der Waals surface area contributed by atoms with Crippen LogP contribution in [0.1, 0.15) is 11.0 Å². The van der Waals surface area contributed by atoms with Crippen molar-refractivity contribution in [1.82, 2.24) is 0 Å². The van der Waals surface area contributed by atoms with Gasteiger partial charge in [-0.3, -0.25) is 0 Å². The Kier molecular flexibility index (Phi) is 2.96. The maximum Gasteiger partial charge on any atom is 0.457 e. The smallest absolute Gasteiger partial charge is 0.375 e. The third-order valence-corrected chi connectivity index (χ3v) is 2.09. The molecule has 0 aliphatic carbocycles. The van der Waals surface area contributed by atoms with Crippen molar-refractivity contribution < 1.29 is 18.3 Å². The van der Waals surface area contributed by atoms with Crippen LogP contribution in [0, 0.1) is 11.8 Å². The van der Waals surface area contributed by atoms with Crippen LogP contribution in [-0.2, 0) is 0 Å². The van der Waals surface area contributed by atoms with Gasteiger partial charge in [-0.25, -0.2) is 0 Å². The van der Waals surface area contributed by atoms with Crippen molar-refractivity contribution in [1.29, 1.82) is 0 Å². The normalized spacial score (nSPS) is 13.2. The molecule has 1 N–H and O–H groups in total. The summed E-state index contributed by atoms with van der Waals surface area (Å²) in [5, 5.41) is 10.8. The fourth-order valence-electron chi connectivity index (χ4n) is 0.668. The molecule has 0 aromatic carbocycles. The summed E-state index contributed by atoms with van der Waals surface area (Å²) in [6, 6.07) is 3.17. The lowest BCUT2D eigenvalue weighted by Gasteiger charge is -1.98. The lowest BCUT2D eigenvalue weighted by Crippen LogP contribution is -2.03. The molecule has 0 aliphatic heterocycles. The van der Waals surface area contributed by atoms with E-state index < -0.39 is 12.3 Å². The molecule has 0 bridgehead atoms. The van der Waals surface area contributed by atoms with Crippen LogP contribution in [0.15, 0.2) is 17.5 Å². The maximum absolute atomic E-state index is 11.6. The Balaban J connectivity index is 2.69. The third kappa shape index (κ3) is 3.49. The monoisotopic (exact) mass is 206 g/mol. The standard InChI is InChI=1S/C8H5F3OS/c9-8(10,11)4-3-6(12)7-2-1-5-13-7/h1-2,5-6,12H. The zero-order valence-electron chi connectivity index (χ0n) is 6.30. The zero-order chi connectivity index (χ0) is 9.90. The van der Waals surface area contributed by atoms with Crippen molar-refractivity contribution in [3.8, 4) is 11.8 Å². The summed E-state index contributed by atoms with van der Waals surface area (Å²) in [7, 11) is 0. The summed E-state index contributed by atoms with van der Waals surface area (Å²) < 4.78 is 34.7. The van der Waals surface area contributed by atoms with E-state index in [0.29, 0.717) is 4.88 Å². The Hall–Kier alpha value is -0.990. The van der Waals surface area contributed by atoms with Crippen LogP contribution in [-0.4, -0.2) is 11.3 Å². The Morgan fingerprint density at radius 1 is 1.46 bits per heavy atom. The molecule has 1 nitrogen and oxygen atoms in total. The molecule has 1 aromatic heterocycles. The first-order valence-corrected chi connectivity index (χ1v) is 4.18. The summed E-state index contributed by atoms with van der Waals surface area (Å²) in [4.78, 5) is 0.414. The van der Waals surface area contributed by atoms with Gasteiger partial charge in [-0.1, -0.05) is 12.0 Å². The van der Waals surface area contributed by atoms with Gasteiger partial charge in [0.15, 0.2) is 0 Å². The van der Waals surface area contributed by atoms with Crippen molar-refractivity contribution >= 4 is 11.3 Å². The van der Waals surface area contributed by atoms with Gasteiger partial charge in [0.1, 0.15) is 6.10 Å². The van der Waals surface area contributed by atoms with Gasteiger partial charge in [-0.05, 0) is 11.4 Å².